The predicted octanol–water partition coefficient (Wildman–Crippen LogP) is -1.45. The standard InChI is InChI=1S/C2HF3O2.C2H7N/c3-2(4,5)1(6)7;1-2-3/h(H,6,7);2-3H2,1H3. The largest absolute Gasteiger partial charge is 0.542 e. The molecule has 0 radical (unpaired) electrons. The molecule has 0 fully saturated rings. The van der Waals surface area contributed by atoms with E-state index in [4.69, 9.17) is 9.90 Å². The number of rotatable bonds is 0. The minimum absolute atomic E-state index is 1.00. The zero-order valence-corrected chi connectivity index (χ0v) is 5.36. The molecule has 62 valence electrons. The quantitative estimate of drug-likeness (QED) is 0.469. The molecule has 0 aliphatic heterocycles. The topological polar surface area (TPSA) is 67.8 Å². The van der Waals surface area contributed by atoms with Crippen molar-refractivity contribution in [2.24, 2.45) is 0 Å². The molecule has 0 atom stereocenters. The molecule has 0 unspecified atom stereocenters. The van der Waals surface area contributed by atoms with Crippen molar-refractivity contribution in [2.45, 2.75) is 13.1 Å². The molecule has 0 aliphatic rings. The number of aliphatic carboxylic acids is 1. The van der Waals surface area contributed by atoms with Gasteiger partial charge in [0.2, 0.25) is 0 Å². The van der Waals surface area contributed by atoms with Gasteiger partial charge in [-0.3, -0.25) is 0 Å². The van der Waals surface area contributed by atoms with Crippen LogP contribution in [0.2, 0.25) is 0 Å². The second-order valence-electron chi connectivity index (χ2n) is 1.29. The van der Waals surface area contributed by atoms with Gasteiger partial charge in [-0.15, -0.1) is 0 Å². The van der Waals surface area contributed by atoms with E-state index in [1.54, 1.807) is 0 Å². The van der Waals surface area contributed by atoms with E-state index >= 15 is 0 Å². The van der Waals surface area contributed by atoms with Crippen molar-refractivity contribution in [3.8, 4) is 0 Å². The summed E-state index contributed by atoms with van der Waals surface area (Å²) in [5.41, 5.74) is 3.49. The average molecular weight is 159 g/mol. The molecule has 0 aromatic heterocycles. The van der Waals surface area contributed by atoms with Crippen molar-refractivity contribution in [1.82, 2.24) is 0 Å². The van der Waals surface area contributed by atoms with E-state index in [0.29, 0.717) is 0 Å². The molecule has 0 saturated heterocycles. The number of carbonyl (C=O) groups is 1. The molecule has 6 heteroatoms. The number of carboxylic acid groups (broad SMARTS) is 1. The smallest absolute Gasteiger partial charge is 0.430 e. The SMILES string of the molecule is CC[NH3+].O=C([O-])C(F)(F)F. The van der Waals surface area contributed by atoms with Crippen molar-refractivity contribution in [3.05, 3.63) is 0 Å². The maximum atomic E-state index is 10.5. The van der Waals surface area contributed by atoms with Gasteiger partial charge in [-0.25, -0.2) is 0 Å². The summed E-state index contributed by atoms with van der Waals surface area (Å²) in [7, 11) is 0. The lowest BCUT2D eigenvalue weighted by Crippen LogP contribution is -2.48. The van der Waals surface area contributed by atoms with Gasteiger partial charge in [0.05, 0.1) is 6.54 Å². The molecule has 3 nitrogen and oxygen atoms in total. The zero-order valence-electron chi connectivity index (χ0n) is 5.36. The zero-order chi connectivity index (χ0) is 8.78. The Hall–Kier alpha value is -0.780. The summed E-state index contributed by atoms with van der Waals surface area (Å²) in [6, 6.07) is 0. The minimum Gasteiger partial charge on any atom is -0.542 e. The van der Waals surface area contributed by atoms with Gasteiger partial charge >= 0.3 is 6.18 Å². The molecule has 0 saturated carbocycles. The molecule has 0 amide bonds. The van der Waals surface area contributed by atoms with Crippen LogP contribution in [0.4, 0.5) is 13.2 Å². The van der Waals surface area contributed by atoms with E-state index < -0.39 is 12.1 Å². The average Bonchev–Trinajstić information content (AvgIpc) is 1.64. The number of carbonyl (C=O) groups excluding carboxylic acids is 1. The fraction of sp³-hybridized carbons (Fsp3) is 0.750. The van der Waals surface area contributed by atoms with Crippen LogP contribution in [0.1, 0.15) is 6.92 Å². The molecular weight excluding hydrogens is 151 g/mol. The molecule has 3 N–H and O–H groups in total. The van der Waals surface area contributed by atoms with Crippen LogP contribution in [-0.2, 0) is 4.79 Å². The van der Waals surface area contributed by atoms with Crippen LogP contribution in [0.3, 0.4) is 0 Å². The van der Waals surface area contributed by atoms with Gasteiger partial charge in [0.15, 0.2) is 0 Å². The van der Waals surface area contributed by atoms with E-state index in [9.17, 15) is 13.2 Å². The highest BCUT2D eigenvalue weighted by Gasteiger charge is 2.28. The molecular formula is C4H8F3NO2. The molecule has 0 aromatic rings. The highest BCUT2D eigenvalue weighted by molar-refractivity contribution is 5.70. The lowest BCUT2D eigenvalue weighted by atomic mass is 10.7. The third-order valence-electron chi connectivity index (χ3n) is 0.231. The van der Waals surface area contributed by atoms with Crippen LogP contribution in [-0.4, -0.2) is 18.7 Å². The Morgan fingerprint density at radius 2 is 1.70 bits per heavy atom. The predicted molar refractivity (Wildman–Crippen MR) is 24.5 cm³/mol. The van der Waals surface area contributed by atoms with Crippen LogP contribution in [0, 0.1) is 0 Å². The van der Waals surface area contributed by atoms with Gasteiger partial charge in [-0.1, -0.05) is 0 Å². The normalized spacial score (nSPS) is 9.70. The summed E-state index contributed by atoms with van der Waals surface area (Å²) in [5.74, 6) is -3.01. The highest BCUT2D eigenvalue weighted by atomic mass is 19.4. The first kappa shape index (κ1) is 12.0. The second-order valence-corrected chi connectivity index (χ2v) is 1.29. The van der Waals surface area contributed by atoms with E-state index in [2.05, 4.69) is 5.73 Å². The maximum absolute atomic E-state index is 10.5. The lowest BCUT2D eigenvalue weighted by Gasteiger charge is -2.03. The fourth-order valence-corrected chi connectivity index (χ4v) is 0. The Kier molecular flexibility index (Phi) is 6.02. The first-order valence-corrected chi connectivity index (χ1v) is 2.43. The second kappa shape index (κ2) is 5.04. The number of halogens is 3. The highest BCUT2D eigenvalue weighted by Crippen LogP contribution is 2.11. The van der Waals surface area contributed by atoms with Gasteiger partial charge in [-0.2, -0.15) is 13.2 Å². The van der Waals surface area contributed by atoms with Crippen molar-refractivity contribution in [2.75, 3.05) is 6.54 Å². The summed E-state index contributed by atoms with van der Waals surface area (Å²) < 4.78 is 31.5. The van der Waals surface area contributed by atoms with Gasteiger partial charge in [0, 0.05) is 0 Å². The van der Waals surface area contributed by atoms with Crippen LogP contribution < -0.4 is 10.8 Å². The molecule has 0 aromatic carbocycles. The first-order valence-electron chi connectivity index (χ1n) is 2.43. The Bertz CT molecular complexity index is 101. The van der Waals surface area contributed by atoms with E-state index in [-0.39, 0.29) is 0 Å². The molecule has 0 bridgehead atoms. The monoisotopic (exact) mass is 159 g/mol. The van der Waals surface area contributed by atoms with Crippen molar-refractivity contribution in [3.63, 3.8) is 0 Å². The summed E-state index contributed by atoms with van der Waals surface area (Å²) in [6.45, 7) is 3.01. The van der Waals surface area contributed by atoms with Crippen LogP contribution in [0.15, 0.2) is 0 Å². The molecule has 0 aliphatic carbocycles. The fourth-order valence-electron chi connectivity index (χ4n) is 0. The molecule has 0 rings (SSSR count). The van der Waals surface area contributed by atoms with Crippen LogP contribution in [0.5, 0.6) is 0 Å². The van der Waals surface area contributed by atoms with E-state index in [1.807, 2.05) is 6.92 Å². The molecule has 0 heterocycles. The number of hydrogen-bond donors (Lipinski definition) is 1. The number of carboxylic acids is 1. The first-order chi connectivity index (χ1) is 4.36. The Morgan fingerprint density at radius 3 is 1.70 bits per heavy atom. The van der Waals surface area contributed by atoms with Crippen molar-refractivity contribution >= 4 is 5.97 Å². The summed E-state index contributed by atoms with van der Waals surface area (Å²) in [6.07, 6.45) is -5.19. The van der Waals surface area contributed by atoms with Gasteiger partial charge in [-0.05, 0) is 6.92 Å². The van der Waals surface area contributed by atoms with Crippen LogP contribution in [0.25, 0.3) is 0 Å². The van der Waals surface area contributed by atoms with Gasteiger partial charge < -0.3 is 15.6 Å². The molecule has 10 heavy (non-hydrogen) atoms. The summed E-state index contributed by atoms with van der Waals surface area (Å²) in [5, 5.41) is 8.78. The third-order valence-corrected chi connectivity index (χ3v) is 0.231. The van der Waals surface area contributed by atoms with E-state index in [0.717, 1.165) is 6.54 Å². The number of quaternary nitrogens is 1. The number of alkyl halides is 3. The minimum atomic E-state index is -5.19. The van der Waals surface area contributed by atoms with Crippen molar-refractivity contribution in [1.29, 1.82) is 0 Å². The summed E-state index contributed by atoms with van der Waals surface area (Å²) >= 11 is 0. The lowest BCUT2D eigenvalue weighted by molar-refractivity contribution is -0.361. The molecule has 0 spiro atoms. The van der Waals surface area contributed by atoms with Crippen molar-refractivity contribution < 1.29 is 28.8 Å². The summed E-state index contributed by atoms with van der Waals surface area (Å²) in [4.78, 5) is 8.78. The van der Waals surface area contributed by atoms with E-state index in [1.165, 1.54) is 0 Å². The Balaban J connectivity index is 0. The third kappa shape index (κ3) is 10.3. The Morgan fingerprint density at radius 1 is 1.60 bits per heavy atom. The number of hydrogen-bond acceptors (Lipinski definition) is 2. The van der Waals surface area contributed by atoms with Gasteiger partial charge in [0.1, 0.15) is 5.97 Å². The van der Waals surface area contributed by atoms with Gasteiger partial charge in [0.25, 0.3) is 0 Å². The maximum Gasteiger partial charge on any atom is 0.430 e. The van der Waals surface area contributed by atoms with Crippen LogP contribution >= 0.6 is 0 Å². The Labute approximate surface area is 55.6 Å².